The lowest BCUT2D eigenvalue weighted by Crippen LogP contribution is -2.22. The van der Waals surface area contributed by atoms with Crippen LogP contribution in [0.4, 0.5) is 0 Å². The number of hydrogen-bond donors (Lipinski definition) is 3. The van der Waals surface area contributed by atoms with E-state index >= 15 is 0 Å². The topological polar surface area (TPSA) is 57.4 Å². The molecule has 0 bridgehead atoms. The van der Waals surface area contributed by atoms with Gasteiger partial charge < -0.3 is 15.5 Å². The van der Waals surface area contributed by atoms with Gasteiger partial charge in [0.1, 0.15) is 0 Å². The maximum Gasteiger partial charge on any atom is 0.198 e. The first-order chi connectivity index (χ1) is 5.72. The van der Waals surface area contributed by atoms with Gasteiger partial charge >= 0.3 is 0 Å². The third kappa shape index (κ3) is 0.814. The zero-order valence-electron chi connectivity index (χ0n) is 6.96. The molecule has 1 aromatic rings. The Morgan fingerprint density at radius 3 is 2.58 bits per heavy atom. The van der Waals surface area contributed by atoms with E-state index in [0.717, 1.165) is 24.1 Å². The van der Waals surface area contributed by atoms with Crippen LogP contribution in [0.15, 0.2) is 0 Å². The Bertz CT molecular complexity index is 288. The average molecular weight is 168 g/mol. The second-order valence-electron chi connectivity index (χ2n) is 3.09. The van der Waals surface area contributed by atoms with Crippen molar-refractivity contribution in [1.82, 2.24) is 9.88 Å². The van der Waals surface area contributed by atoms with Crippen molar-refractivity contribution in [2.45, 2.75) is 13.0 Å². The molecule has 12 heavy (non-hydrogen) atoms. The molecule has 0 amide bonds. The van der Waals surface area contributed by atoms with E-state index in [1.165, 1.54) is 4.57 Å². The Kier molecular flexibility index (Phi) is 1.51. The van der Waals surface area contributed by atoms with E-state index in [9.17, 15) is 10.2 Å². The van der Waals surface area contributed by atoms with Crippen LogP contribution in [0.3, 0.4) is 0 Å². The van der Waals surface area contributed by atoms with Gasteiger partial charge in [0, 0.05) is 24.7 Å². The molecular weight excluding hydrogens is 156 g/mol. The molecule has 2 rings (SSSR count). The molecular formula is C8H12N2O2. The molecule has 3 N–H and O–H groups in total. The number of aromatic hydroxyl groups is 2. The monoisotopic (exact) mass is 168 g/mol. The van der Waals surface area contributed by atoms with Crippen LogP contribution in [0, 0.1) is 0 Å². The van der Waals surface area contributed by atoms with Crippen molar-refractivity contribution < 1.29 is 10.2 Å². The normalized spacial score (nSPS) is 16.1. The predicted molar refractivity (Wildman–Crippen MR) is 44.2 cm³/mol. The second-order valence-corrected chi connectivity index (χ2v) is 3.09. The molecule has 66 valence electrons. The summed E-state index contributed by atoms with van der Waals surface area (Å²) < 4.78 is 1.41. The van der Waals surface area contributed by atoms with Crippen molar-refractivity contribution in [3.8, 4) is 11.8 Å². The van der Waals surface area contributed by atoms with E-state index in [1.54, 1.807) is 7.05 Å². The van der Waals surface area contributed by atoms with Gasteiger partial charge in [0.15, 0.2) is 11.8 Å². The van der Waals surface area contributed by atoms with Gasteiger partial charge in [-0.25, -0.2) is 0 Å². The largest absolute Gasteiger partial charge is 0.494 e. The lowest BCUT2D eigenvalue weighted by Gasteiger charge is -2.11. The van der Waals surface area contributed by atoms with Crippen molar-refractivity contribution in [1.29, 1.82) is 0 Å². The van der Waals surface area contributed by atoms with Crippen molar-refractivity contribution in [2.24, 2.45) is 7.05 Å². The number of rotatable bonds is 0. The van der Waals surface area contributed by atoms with Gasteiger partial charge in [-0.05, 0) is 13.0 Å². The summed E-state index contributed by atoms with van der Waals surface area (Å²) in [5, 5.41) is 22.2. The summed E-state index contributed by atoms with van der Waals surface area (Å²) in [6.07, 6.45) is 0.787. The average Bonchev–Trinajstić information content (AvgIpc) is 2.33. The Hall–Kier alpha value is -1.16. The molecule has 0 saturated heterocycles. The van der Waals surface area contributed by atoms with Gasteiger partial charge in [-0.2, -0.15) is 0 Å². The van der Waals surface area contributed by atoms with Crippen LogP contribution < -0.4 is 5.32 Å². The summed E-state index contributed by atoms with van der Waals surface area (Å²) in [7, 11) is 1.66. The number of fused-ring (bicyclic) bond motifs is 1. The van der Waals surface area contributed by atoms with E-state index in [2.05, 4.69) is 5.32 Å². The highest BCUT2D eigenvalue weighted by Crippen LogP contribution is 2.33. The fourth-order valence-corrected chi connectivity index (χ4v) is 1.65. The molecule has 4 heteroatoms. The Morgan fingerprint density at radius 1 is 1.25 bits per heavy atom. The Balaban J connectivity index is 2.60. The minimum absolute atomic E-state index is 0.176. The van der Waals surface area contributed by atoms with E-state index in [-0.39, 0.29) is 11.8 Å². The summed E-state index contributed by atoms with van der Waals surface area (Å²) in [5.74, 6) is 0.374. The van der Waals surface area contributed by atoms with Gasteiger partial charge in [-0.3, -0.25) is 4.57 Å². The molecule has 0 atom stereocenters. The highest BCUT2D eigenvalue weighted by molar-refractivity contribution is 5.46. The number of hydrogen-bond acceptors (Lipinski definition) is 3. The van der Waals surface area contributed by atoms with Crippen molar-refractivity contribution >= 4 is 0 Å². The van der Waals surface area contributed by atoms with E-state index in [0.29, 0.717) is 6.54 Å². The van der Waals surface area contributed by atoms with Crippen LogP contribution in [0.2, 0.25) is 0 Å². The maximum atomic E-state index is 9.54. The van der Waals surface area contributed by atoms with Crippen LogP contribution in [-0.4, -0.2) is 21.3 Å². The Morgan fingerprint density at radius 2 is 1.92 bits per heavy atom. The van der Waals surface area contributed by atoms with Gasteiger partial charge in [-0.1, -0.05) is 0 Å². The first-order valence-corrected chi connectivity index (χ1v) is 4.01. The lowest BCUT2D eigenvalue weighted by molar-refractivity contribution is 0.384. The highest BCUT2D eigenvalue weighted by Gasteiger charge is 2.21. The van der Waals surface area contributed by atoms with Gasteiger partial charge in [0.05, 0.1) is 0 Å². The molecule has 0 spiro atoms. The van der Waals surface area contributed by atoms with Crippen LogP contribution in [-0.2, 0) is 20.0 Å². The van der Waals surface area contributed by atoms with Crippen LogP contribution in [0.5, 0.6) is 11.8 Å². The SMILES string of the molecule is Cn1c(O)c2c(c1O)CNCC2. The molecule has 0 aromatic carbocycles. The lowest BCUT2D eigenvalue weighted by atomic mass is 10.1. The number of nitrogens with one attached hydrogen (secondary N) is 1. The van der Waals surface area contributed by atoms with Gasteiger partial charge in [0.2, 0.25) is 0 Å². The van der Waals surface area contributed by atoms with Crippen molar-refractivity contribution in [3.05, 3.63) is 11.1 Å². The molecule has 1 aromatic heterocycles. The summed E-state index contributed by atoms with van der Waals surface area (Å²) in [6, 6.07) is 0. The maximum absolute atomic E-state index is 9.54. The third-order valence-electron chi connectivity index (χ3n) is 2.39. The van der Waals surface area contributed by atoms with E-state index < -0.39 is 0 Å². The van der Waals surface area contributed by atoms with E-state index in [4.69, 9.17) is 0 Å². The standard InChI is InChI=1S/C8H12N2O2/c1-10-7(11)5-2-3-9-4-6(5)8(10)12/h9,11-12H,2-4H2,1H3. The molecule has 0 unspecified atom stereocenters. The van der Waals surface area contributed by atoms with Crippen LogP contribution >= 0.6 is 0 Å². The third-order valence-corrected chi connectivity index (χ3v) is 2.39. The molecule has 0 radical (unpaired) electrons. The fraction of sp³-hybridized carbons (Fsp3) is 0.500. The minimum Gasteiger partial charge on any atom is -0.494 e. The summed E-state index contributed by atoms with van der Waals surface area (Å²) >= 11 is 0. The van der Waals surface area contributed by atoms with Gasteiger partial charge in [0.25, 0.3) is 0 Å². The molecule has 1 aliphatic heterocycles. The molecule has 4 nitrogen and oxygen atoms in total. The van der Waals surface area contributed by atoms with Gasteiger partial charge in [-0.15, -0.1) is 0 Å². The quantitative estimate of drug-likeness (QED) is 0.514. The zero-order valence-corrected chi connectivity index (χ0v) is 6.96. The summed E-state index contributed by atoms with van der Waals surface area (Å²) in [6.45, 7) is 1.51. The molecule has 1 aliphatic rings. The van der Waals surface area contributed by atoms with Crippen molar-refractivity contribution in [3.63, 3.8) is 0 Å². The number of nitrogens with zero attached hydrogens (tertiary/aromatic N) is 1. The molecule has 2 heterocycles. The minimum atomic E-state index is 0.176. The summed E-state index contributed by atoms with van der Waals surface area (Å²) in [5.41, 5.74) is 1.72. The molecule has 0 saturated carbocycles. The summed E-state index contributed by atoms with van der Waals surface area (Å²) in [4.78, 5) is 0. The zero-order chi connectivity index (χ0) is 8.72. The highest BCUT2D eigenvalue weighted by atomic mass is 16.3. The predicted octanol–water partition coefficient (Wildman–Crippen LogP) is 0.0820. The van der Waals surface area contributed by atoms with Crippen LogP contribution in [0.25, 0.3) is 0 Å². The fourth-order valence-electron chi connectivity index (χ4n) is 1.65. The number of aromatic nitrogens is 1. The molecule has 0 aliphatic carbocycles. The van der Waals surface area contributed by atoms with Crippen molar-refractivity contribution in [2.75, 3.05) is 6.54 Å². The molecule has 0 fully saturated rings. The first-order valence-electron chi connectivity index (χ1n) is 4.01. The second kappa shape index (κ2) is 2.42. The smallest absolute Gasteiger partial charge is 0.198 e. The van der Waals surface area contributed by atoms with Crippen LogP contribution in [0.1, 0.15) is 11.1 Å². The van der Waals surface area contributed by atoms with E-state index in [1.807, 2.05) is 0 Å². The Labute approximate surface area is 70.4 Å². The first kappa shape index (κ1) is 7.49.